The predicted molar refractivity (Wildman–Crippen MR) is 72.7 cm³/mol. The molecule has 0 amide bonds. The second-order valence-corrected chi connectivity index (χ2v) is 4.42. The molecule has 1 aromatic carbocycles. The number of fused-ring (bicyclic) bond motifs is 1. The zero-order chi connectivity index (χ0) is 13.2. The molecular formula is C14H15N3O2. The van der Waals surface area contributed by atoms with E-state index in [1.807, 2.05) is 28.8 Å². The number of anilines is 1. The van der Waals surface area contributed by atoms with E-state index in [9.17, 15) is 4.79 Å². The Balaban J connectivity index is 2.19. The van der Waals surface area contributed by atoms with Crippen LogP contribution in [0.1, 0.15) is 16.9 Å². The number of hydrogen-bond donors (Lipinski definition) is 1. The number of methoxy groups -OCH3 is 1. The Morgan fingerprint density at radius 2 is 2.26 bits per heavy atom. The minimum atomic E-state index is 0.603. The van der Waals surface area contributed by atoms with Gasteiger partial charge in [-0.1, -0.05) is 12.1 Å². The van der Waals surface area contributed by atoms with E-state index in [0.29, 0.717) is 11.4 Å². The van der Waals surface area contributed by atoms with Crippen molar-refractivity contribution in [2.45, 2.75) is 13.0 Å². The van der Waals surface area contributed by atoms with Gasteiger partial charge >= 0.3 is 0 Å². The average molecular weight is 257 g/mol. The highest BCUT2D eigenvalue weighted by Crippen LogP contribution is 2.33. The Bertz CT molecular complexity index is 619. The molecule has 0 spiro atoms. The normalized spacial score (nSPS) is 13.5. The molecule has 1 N–H and O–H groups in total. The molecule has 1 aliphatic rings. The molecule has 0 saturated carbocycles. The molecule has 0 atom stereocenters. The zero-order valence-electron chi connectivity index (χ0n) is 10.7. The third kappa shape index (κ3) is 1.87. The number of carbonyl (C=O) groups excluding carboxylic acids is 1. The maximum atomic E-state index is 11.4. The number of benzene rings is 1. The molecular weight excluding hydrogens is 242 g/mol. The number of ether oxygens (including phenoxy) is 1. The molecule has 0 fully saturated rings. The number of carbonyl (C=O) groups is 1. The number of nitrogens with one attached hydrogen (secondary N) is 1. The number of rotatable bonds is 3. The first kappa shape index (κ1) is 11.8. The SMILES string of the molecule is COc1ccccc1-c1nc2n(c1C=O)CCCN2. The molecule has 3 rings (SSSR count). The van der Waals surface area contributed by atoms with E-state index < -0.39 is 0 Å². The zero-order valence-corrected chi connectivity index (χ0v) is 10.7. The quantitative estimate of drug-likeness (QED) is 0.856. The lowest BCUT2D eigenvalue weighted by Crippen LogP contribution is -2.18. The number of para-hydroxylation sites is 1. The van der Waals surface area contributed by atoms with Crippen LogP contribution in [0.25, 0.3) is 11.3 Å². The van der Waals surface area contributed by atoms with Crippen molar-refractivity contribution in [3.05, 3.63) is 30.0 Å². The fraction of sp³-hybridized carbons (Fsp3) is 0.286. The minimum Gasteiger partial charge on any atom is -0.496 e. The second-order valence-electron chi connectivity index (χ2n) is 4.42. The topological polar surface area (TPSA) is 56.2 Å². The summed E-state index contributed by atoms with van der Waals surface area (Å²) in [7, 11) is 1.62. The predicted octanol–water partition coefficient (Wildman–Crippen LogP) is 2.19. The summed E-state index contributed by atoms with van der Waals surface area (Å²) in [6.45, 7) is 1.71. The molecule has 19 heavy (non-hydrogen) atoms. The maximum Gasteiger partial charge on any atom is 0.203 e. The van der Waals surface area contributed by atoms with E-state index in [-0.39, 0.29) is 0 Å². The van der Waals surface area contributed by atoms with Crippen molar-refractivity contribution in [3.8, 4) is 17.0 Å². The fourth-order valence-electron chi connectivity index (χ4n) is 2.42. The van der Waals surface area contributed by atoms with Crippen molar-refractivity contribution in [1.29, 1.82) is 0 Å². The molecule has 2 aromatic rings. The summed E-state index contributed by atoms with van der Waals surface area (Å²) < 4.78 is 7.27. The monoisotopic (exact) mass is 257 g/mol. The second kappa shape index (κ2) is 4.76. The number of nitrogens with zero attached hydrogens (tertiary/aromatic N) is 2. The van der Waals surface area contributed by atoms with Gasteiger partial charge in [-0.15, -0.1) is 0 Å². The van der Waals surface area contributed by atoms with Gasteiger partial charge in [0.15, 0.2) is 6.29 Å². The van der Waals surface area contributed by atoms with Crippen LogP contribution in [0.3, 0.4) is 0 Å². The first-order valence-corrected chi connectivity index (χ1v) is 6.28. The first-order valence-electron chi connectivity index (χ1n) is 6.28. The van der Waals surface area contributed by atoms with Gasteiger partial charge in [0, 0.05) is 18.7 Å². The summed E-state index contributed by atoms with van der Waals surface area (Å²) in [6.07, 6.45) is 1.86. The van der Waals surface area contributed by atoms with Gasteiger partial charge in [0.25, 0.3) is 0 Å². The molecule has 0 bridgehead atoms. The highest BCUT2D eigenvalue weighted by atomic mass is 16.5. The molecule has 2 heterocycles. The van der Waals surface area contributed by atoms with Crippen LogP contribution in [-0.4, -0.2) is 29.5 Å². The van der Waals surface area contributed by atoms with Gasteiger partial charge in [0.2, 0.25) is 5.95 Å². The van der Waals surface area contributed by atoms with Gasteiger partial charge in [-0.25, -0.2) is 4.98 Å². The summed E-state index contributed by atoms with van der Waals surface area (Å²) in [6, 6.07) is 7.60. The number of imidazole rings is 1. The van der Waals surface area contributed by atoms with Crippen molar-refractivity contribution in [2.75, 3.05) is 19.0 Å². The Kier molecular flexibility index (Phi) is 2.95. The van der Waals surface area contributed by atoms with Gasteiger partial charge in [0.05, 0.1) is 7.11 Å². The van der Waals surface area contributed by atoms with Crippen LogP contribution in [0, 0.1) is 0 Å². The Hall–Kier alpha value is -2.30. The van der Waals surface area contributed by atoms with Crippen LogP contribution in [0.15, 0.2) is 24.3 Å². The number of aldehydes is 1. The van der Waals surface area contributed by atoms with E-state index >= 15 is 0 Å². The van der Waals surface area contributed by atoms with E-state index in [1.165, 1.54) is 0 Å². The van der Waals surface area contributed by atoms with Crippen molar-refractivity contribution < 1.29 is 9.53 Å². The van der Waals surface area contributed by atoms with E-state index in [1.54, 1.807) is 7.11 Å². The molecule has 5 heteroatoms. The van der Waals surface area contributed by atoms with Crippen molar-refractivity contribution in [3.63, 3.8) is 0 Å². The standard InChI is InChI=1S/C14H15N3O2/c1-19-12-6-3-2-5-10(12)13-11(9-18)17-8-4-7-15-14(17)16-13/h2-3,5-6,9H,4,7-8H2,1H3,(H,15,16). The lowest BCUT2D eigenvalue weighted by molar-refractivity contribution is 0.111. The lowest BCUT2D eigenvalue weighted by Gasteiger charge is -2.15. The van der Waals surface area contributed by atoms with Crippen molar-refractivity contribution >= 4 is 12.2 Å². The van der Waals surface area contributed by atoms with Crippen LogP contribution >= 0.6 is 0 Å². The van der Waals surface area contributed by atoms with Gasteiger partial charge in [-0.05, 0) is 18.6 Å². The van der Waals surface area contributed by atoms with Crippen LogP contribution in [0.4, 0.5) is 5.95 Å². The van der Waals surface area contributed by atoms with Crippen molar-refractivity contribution in [1.82, 2.24) is 9.55 Å². The summed E-state index contributed by atoms with van der Waals surface area (Å²) in [5.41, 5.74) is 2.12. The van der Waals surface area contributed by atoms with Crippen LogP contribution in [0.5, 0.6) is 5.75 Å². The smallest absolute Gasteiger partial charge is 0.203 e. The fourth-order valence-corrected chi connectivity index (χ4v) is 2.42. The minimum absolute atomic E-state index is 0.603. The largest absolute Gasteiger partial charge is 0.496 e. The molecule has 98 valence electrons. The van der Waals surface area contributed by atoms with Gasteiger partial charge < -0.3 is 14.6 Å². The highest BCUT2D eigenvalue weighted by Gasteiger charge is 2.21. The maximum absolute atomic E-state index is 11.4. The van der Waals surface area contributed by atoms with Gasteiger partial charge in [0.1, 0.15) is 17.1 Å². The molecule has 5 nitrogen and oxygen atoms in total. The van der Waals surface area contributed by atoms with E-state index in [2.05, 4.69) is 10.3 Å². The van der Waals surface area contributed by atoms with Crippen LogP contribution in [-0.2, 0) is 6.54 Å². The van der Waals surface area contributed by atoms with E-state index in [0.717, 1.165) is 43.1 Å². The molecule has 0 unspecified atom stereocenters. The Labute approximate surface area is 111 Å². The molecule has 1 aliphatic heterocycles. The Morgan fingerprint density at radius 1 is 1.42 bits per heavy atom. The summed E-state index contributed by atoms with van der Waals surface area (Å²) in [5, 5.41) is 3.22. The van der Waals surface area contributed by atoms with E-state index in [4.69, 9.17) is 4.74 Å². The average Bonchev–Trinajstić information content (AvgIpc) is 2.85. The summed E-state index contributed by atoms with van der Waals surface area (Å²) in [4.78, 5) is 15.9. The van der Waals surface area contributed by atoms with Crippen molar-refractivity contribution in [2.24, 2.45) is 0 Å². The van der Waals surface area contributed by atoms with Crippen LogP contribution in [0.2, 0.25) is 0 Å². The van der Waals surface area contributed by atoms with Gasteiger partial charge in [-0.3, -0.25) is 4.79 Å². The third-order valence-corrected chi connectivity index (χ3v) is 3.32. The number of hydrogen-bond acceptors (Lipinski definition) is 4. The summed E-state index contributed by atoms with van der Waals surface area (Å²) >= 11 is 0. The number of aromatic nitrogens is 2. The third-order valence-electron chi connectivity index (χ3n) is 3.32. The molecule has 0 radical (unpaired) electrons. The van der Waals surface area contributed by atoms with Crippen LogP contribution < -0.4 is 10.1 Å². The Morgan fingerprint density at radius 3 is 3.05 bits per heavy atom. The molecule has 0 saturated heterocycles. The summed E-state index contributed by atoms with van der Waals surface area (Å²) in [5.74, 6) is 1.48. The first-order chi connectivity index (χ1) is 9.35. The highest BCUT2D eigenvalue weighted by molar-refractivity contribution is 5.87. The lowest BCUT2D eigenvalue weighted by atomic mass is 10.1. The molecule has 0 aliphatic carbocycles. The molecule has 1 aromatic heterocycles. The van der Waals surface area contributed by atoms with Gasteiger partial charge in [-0.2, -0.15) is 0 Å².